The minimum atomic E-state index is -0.506. The molecule has 3 nitrogen and oxygen atoms in total. The van der Waals surface area contributed by atoms with E-state index in [0.29, 0.717) is 18.8 Å². The first-order valence-corrected chi connectivity index (χ1v) is 6.77. The molecule has 2 rings (SSSR count). The van der Waals surface area contributed by atoms with E-state index in [1.54, 1.807) is 7.11 Å². The van der Waals surface area contributed by atoms with Crippen LogP contribution in [0.25, 0.3) is 0 Å². The first kappa shape index (κ1) is 14.6. The van der Waals surface area contributed by atoms with Crippen molar-refractivity contribution in [2.24, 2.45) is 0 Å². The summed E-state index contributed by atoms with van der Waals surface area (Å²) < 4.78 is 11.0. The fraction of sp³-hybridized carbons (Fsp3) is 0.294. The van der Waals surface area contributed by atoms with E-state index in [1.807, 2.05) is 55.5 Å². The summed E-state index contributed by atoms with van der Waals surface area (Å²) in [6.45, 7) is 2.50. The largest absolute Gasteiger partial charge is 0.457 e. The van der Waals surface area contributed by atoms with Crippen molar-refractivity contribution in [3.63, 3.8) is 0 Å². The van der Waals surface area contributed by atoms with Crippen molar-refractivity contribution in [2.75, 3.05) is 7.11 Å². The smallest absolute Gasteiger partial charge is 0.133 e. The van der Waals surface area contributed by atoms with E-state index in [0.717, 1.165) is 16.9 Å². The number of benzene rings is 2. The van der Waals surface area contributed by atoms with Gasteiger partial charge in [-0.1, -0.05) is 37.3 Å². The summed E-state index contributed by atoms with van der Waals surface area (Å²) in [5, 5.41) is 10.0. The normalized spacial score (nSPS) is 12.2. The molecule has 106 valence electrons. The lowest BCUT2D eigenvalue weighted by atomic mass is 10.1. The van der Waals surface area contributed by atoms with Crippen molar-refractivity contribution in [3.8, 4) is 11.5 Å². The molecular weight excluding hydrogens is 252 g/mol. The lowest BCUT2D eigenvalue weighted by molar-refractivity contribution is 0.170. The van der Waals surface area contributed by atoms with Crippen molar-refractivity contribution in [1.82, 2.24) is 0 Å². The Balaban J connectivity index is 2.23. The Morgan fingerprint density at radius 3 is 2.65 bits per heavy atom. The number of ether oxygens (including phenoxy) is 2. The van der Waals surface area contributed by atoms with Crippen LogP contribution in [0, 0.1) is 0 Å². The van der Waals surface area contributed by atoms with Crippen LogP contribution in [0.3, 0.4) is 0 Å². The van der Waals surface area contributed by atoms with Gasteiger partial charge in [-0.15, -0.1) is 0 Å². The number of aliphatic hydroxyl groups excluding tert-OH is 1. The molecule has 3 heteroatoms. The molecule has 20 heavy (non-hydrogen) atoms. The fourth-order valence-corrected chi connectivity index (χ4v) is 2.06. The highest BCUT2D eigenvalue weighted by Gasteiger charge is 2.11. The second-order valence-electron chi connectivity index (χ2n) is 4.64. The van der Waals surface area contributed by atoms with Gasteiger partial charge in [0, 0.05) is 12.7 Å². The standard InChI is InChI=1S/C17H20O3/c1-3-16(18)15-9-4-5-10-17(15)20-14-8-6-7-13(11-14)12-19-2/h4-11,16,18H,3,12H2,1-2H3/t16-/m0/s1. The van der Waals surface area contributed by atoms with E-state index in [2.05, 4.69) is 0 Å². The third-order valence-corrected chi connectivity index (χ3v) is 3.10. The molecule has 0 amide bonds. The molecule has 2 aromatic rings. The van der Waals surface area contributed by atoms with Crippen LogP contribution in [-0.2, 0) is 11.3 Å². The van der Waals surface area contributed by atoms with Gasteiger partial charge < -0.3 is 14.6 Å². The Kier molecular flexibility index (Phi) is 5.16. The van der Waals surface area contributed by atoms with E-state index >= 15 is 0 Å². The van der Waals surface area contributed by atoms with Crippen LogP contribution < -0.4 is 4.74 Å². The van der Waals surface area contributed by atoms with Crippen LogP contribution in [0.1, 0.15) is 30.6 Å². The third-order valence-electron chi connectivity index (χ3n) is 3.10. The number of methoxy groups -OCH3 is 1. The quantitative estimate of drug-likeness (QED) is 0.861. The van der Waals surface area contributed by atoms with Crippen molar-refractivity contribution in [3.05, 3.63) is 59.7 Å². The summed E-state index contributed by atoms with van der Waals surface area (Å²) in [4.78, 5) is 0. The number of rotatable bonds is 6. The molecule has 0 aromatic heterocycles. The highest BCUT2D eigenvalue weighted by atomic mass is 16.5. The zero-order valence-electron chi connectivity index (χ0n) is 11.9. The number of hydrogen-bond donors (Lipinski definition) is 1. The maximum absolute atomic E-state index is 10.0. The third kappa shape index (κ3) is 3.59. The van der Waals surface area contributed by atoms with Gasteiger partial charge in [-0.25, -0.2) is 0 Å². The maximum atomic E-state index is 10.0. The van der Waals surface area contributed by atoms with Gasteiger partial charge >= 0.3 is 0 Å². The Bertz CT molecular complexity index is 551. The lowest BCUT2D eigenvalue weighted by Gasteiger charge is -2.15. The van der Waals surface area contributed by atoms with E-state index in [4.69, 9.17) is 9.47 Å². The zero-order chi connectivity index (χ0) is 14.4. The van der Waals surface area contributed by atoms with Gasteiger partial charge in [0.2, 0.25) is 0 Å². The maximum Gasteiger partial charge on any atom is 0.133 e. The Morgan fingerprint density at radius 1 is 1.10 bits per heavy atom. The van der Waals surface area contributed by atoms with Crippen LogP contribution >= 0.6 is 0 Å². The highest BCUT2D eigenvalue weighted by Crippen LogP contribution is 2.31. The molecule has 1 atom stereocenters. The summed E-state index contributed by atoms with van der Waals surface area (Å²) in [5.74, 6) is 1.44. The van der Waals surface area contributed by atoms with Gasteiger partial charge in [0.15, 0.2) is 0 Å². The molecule has 0 unspecified atom stereocenters. The van der Waals surface area contributed by atoms with Gasteiger partial charge in [-0.3, -0.25) is 0 Å². The van der Waals surface area contributed by atoms with E-state index in [-0.39, 0.29) is 0 Å². The number of para-hydroxylation sites is 1. The fourth-order valence-electron chi connectivity index (χ4n) is 2.06. The average Bonchev–Trinajstić information content (AvgIpc) is 2.48. The molecule has 1 N–H and O–H groups in total. The molecule has 0 aliphatic carbocycles. The van der Waals surface area contributed by atoms with Crippen molar-refractivity contribution < 1.29 is 14.6 Å². The summed E-state index contributed by atoms with van der Waals surface area (Å²) >= 11 is 0. The van der Waals surface area contributed by atoms with Gasteiger partial charge in [0.1, 0.15) is 11.5 Å². The molecule has 0 aliphatic rings. The molecule has 0 saturated heterocycles. The van der Waals surface area contributed by atoms with E-state index < -0.39 is 6.10 Å². The van der Waals surface area contributed by atoms with Gasteiger partial charge in [0.05, 0.1) is 12.7 Å². The SMILES string of the molecule is CC[C@H](O)c1ccccc1Oc1cccc(COC)c1. The second-order valence-corrected chi connectivity index (χ2v) is 4.64. The Hall–Kier alpha value is -1.84. The van der Waals surface area contributed by atoms with Crippen LogP contribution in [0.5, 0.6) is 11.5 Å². The molecule has 0 radical (unpaired) electrons. The molecule has 0 saturated carbocycles. The summed E-state index contributed by atoms with van der Waals surface area (Å²) in [6, 6.07) is 15.3. The topological polar surface area (TPSA) is 38.7 Å². The highest BCUT2D eigenvalue weighted by molar-refractivity contribution is 5.40. The predicted molar refractivity (Wildman–Crippen MR) is 78.9 cm³/mol. The zero-order valence-corrected chi connectivity index (χ0v) is 11.9. The minimum absolute atomic E-state index is 0.506. The Morgan fingerprint density at radius 2 is 1.90 bits per heavy atom. The lowest BCUT2D eigenvalue weighted by Crippen LogP contribution is -1.98. The van der Waals surface area contributed by atoms with Crippen molar-refractivity contribution >= 4 is 0 Å². The van der Waals surface area contributed by atoms with E-state index in [9.17, 15) is 5.11 Å². The molecule has 0 fully saturated rings. The van der Waals surface area contributed by atoms with Crippen LogP contribution in [0.4, 0.5) is 0 Å². The van der Waals surface area contributed by atoms with Crippen molar-refractivity contribution in [2.45, 2.75) is 26.1 Å². The molecule has 0 spiro atoms. The van der Waals surface area contributed by atoms with Crippen LogP contribution in [0.15, 0.2) is 48.5 Å². The molecule has 2 aromatic carbocycles. The summed E-state index contributed by atoms with van der Waals surface area (Å²) in [5.41, 5.74) is 1.87. The number of aliphatic hydroxyl groups is 1. The Labute approximate surface area is 119 Å². The second kappa shape index (κ2) is 7.08. The summed E-state index contributed by atoms with van der Waals surface area (Å²) in [7, 11) is 1.67. The molecule has 0 bridgehead atoms. The molecule has 0 aliphatic heterocycles. The molecular formula is C17H20O3. The van der Waals surface area contributed by atoms with Gasteiger partial charge in [0.25, 0.3) is 0 Å². The number of hydrogen-bond acceptors (Lipinski definition) is 3. The van der Waals surface area contributed by atoms with Gasteiger partial charge in [-0.2, -0.15) is 0 Å². The molecule has 0 heterocycles. The minimum Gasteiger partial charge on any atom is -0.457 e. The van der Waals surface area contributed by atoms with Crippen molar-refractivity contribution in [1.29, 1.82) is 0 Å². The average molecular weight is 272 g/mol. The predicted octanol–water partition coefficient (Wildman–Crippen LogP) is 4.07. The van der Waals surface area contributed by atoms with Crippen LogP contribution in [-0.4, -0.2) is 12.2 Å². The van der Waals surface area contributed by atoms with E-state index in [1.165, 1.54) is 0 Å². The van der Waals surface area contributed by atoms with Gasteiger partial charge in [-0.05, 0) is 30.2 Å². The first-order valence-electron chi connectivity index (χ1n) is 6.77. The first-order chi connectivity index (χ1) is 9.74. The monoisotopic (exact) mass is 272 g/mol. The van der Waals surface area contributed by atoms with Crippen LogP contribution in [0.2, 0.25) is 0 Å². The summed E-state index contributed by atoms with van der Waals surface area (Å²) in [6.07, 6.45) is 0.151.